The van der Waals surface area contributed by atoms with Crippen LogP contribution in [-0.2, 0) is 17.7 Å². The molecule has 1 aliphatic rings. The zero-order valence-corrected chi connectivity index (χ0v) is 14.7. The van der Waals surface area contributed by atoms with E-state index in [1.54, 1.807) is 17.9 Å². The van der Waals surface area contributed by atoms with Gasteiger partial charge in [-0.25, -0.2) is 9.78 Å². The Kier molecular flexibility index (Phi) is 5.12. The second-order valence-corrected chi connectivity index (χ2v) is 6.57. The number of aromatic nitrogens is 1. The van der Waals surface area contributed by atoms with Crippen LogP contribution in [0.15, 0.2) is 24.3 Å². The first-order chi connectivity index (χ1) is 12.5. The van der Waals surface area contributed by atoms with Crippen LogP contribution < -0.4 is 5.32 Å². The number of anilines is 1. The Morgan fingerprint density at radius 2 is 2.19 bits per heavy atom. The number of ether oxygens (including phenoxy) is 1. The van der Waals surface area contributed by atoms with Gasteiger partial charge in [0, 0.05) is 23.9 Å². The summed E-state index contributed by atoms with van der Waals surface area (Å²) in [6.07, 6.45) is 0.184. The maximum Gasteiger partial charge on any atom is 0.410 e. The van der Waals surface area contributed by atoms with E-state index in [4.69, 9.17) is 4.74 Å². The molecule has 2 heterocycles. The molecule has 9 nitrogen and oxygen atoms in total. The first-order valence-corrected chi connectivity index (χ1v) is 8.76. The fraction of sp³-hybridized carbons (Fsp3) is 0.312. The molecule has 0 saturated carbocycles. The molecule has 0 saturated heterocycles. The van der Waals surface area contributed by atoms with Gasteiger partial charge in [-0.05, 0) is 13.0 Å². The molecule has 0 atom stereocenters. The Morgan fingerprint density at radius 1 is 1.42 bits per heavy atom. The van der Waals surface area contributed by atoms with Crippen LogP contribution in [0.3, 0.4) is 0 Å². The number of fused-ring (bicyclic) bond motifs is 1. The molecule has 3 rings (SSSR count). The molecule has 0 aliphatic carbocycles. The van der Waals surface area contributed by atoms with E-state index < -0.39 is 10.8 Å². The largest absolute Gasteiger partial charge is 0.450 e. The predicted molar refractivity (Wildman–Crippen MR) is 94.3 cm³/mol. The molecule has 0 unspecified atom stereocenters. The third kappa shape index (κ3) is 3.64. The summed E-state index contributed by atoms with van der Waals surface area (Å²) in [5, 5.41) is 14.0. The molecule has 0 bridgehead atoms. The van der Waals surface area contributed by atoms with Gasteiger partial charge in [0.1, 0.15) is 5.56 Å². The Bertz CT molecular complexity index is 866. The van der Waals surface area contributed by atoms with Crippen LogP contribution >= 0.6 is 11.3 Å². The third-order valence-corrected chi connectivity index (χ3v) is 4.82. The highest BCUT2D eigenvalue weighted by Crippen LogP contribution is 2.29. The molecule has 0 radical (unpaired) electrons. The van der Waals surface area contributed by atoms with E-state index in [0.717, 1.165) is 10.6 Å². The SMILES string of the molecule is CCOC(=O)N1CCc2nc(NC(=O)c3ccccc3[N+](=O)[O-])sc2C1. The van der Waals surface area contributed by atoms with Crippen molar-refractivity contribution in [2.24, 2.45) is 0 Å². The molecule has 2 amide bonds. The normalized spacial score (nSPS) is 13.0. The lowest BCUT2D eigenvalue weighted by Crippen LogP contribution is -2.35. The molecule has 1 aromatic carbocycles. The smallest absolute Gasteiger partial charge is 0.410 e. The Labute approximate surface area is 152 Å². The number of carbonyl (C=O) groups excluding carboxylic acids is 2. The highest BCUT2D eigenvalue weighted by Gasteiger charge is 2.26. The molecular weight excluding hydrogens is 360 g/mol. The van der Waals surface area contributed by atoms with Crippen molar-refractivity contribution < 1.29 is 19.2 Å². The molecule has 1 aromatic heterocycles. The van der Waals surface area contributed by atoms with Crippen molar-refractivity contribution in [2.75, 3.05) is 18.5 Å². The number of thiazole rings is 1. The number of nitrogens with zero attached hydrogens (tertiary/aromatic N) is 3. The van der Waals surface area contributed by atoms with E-state index in [1.165, 1.54) is 29.5 Å². The first kappa shape index (κ1) is 17.8. The fourth-order valence-electron chi connectivity index (χ4n) is 2.61. The Balaban J connectivity index is 1.74. The van der Waals surface area contributed by atoms with Gasteiger partial charge in [-0.2, -0.15) is 0 Å². The van der Waals surface area contributed by atoms with Crippen LogP contribution in [-0.4, -0.2) is 40.0 Å². The van der Waals surface area contributed by atoms with Crippen molar-refractivity contribution in [3.63, 3.8) is 0 Å². The summed E-state index contributed by atoms with van der Waals surface area (Å²) < 4.78 is 5.00. The average Bonchev–Trinajstić information content (AvgIpc) is 3.03. The number of nitro groups is 1. The fourth-order valence-corrected chi connectivity index (χ4v) is 3.63. The van der Waals surface area contributed by atoms with Gasteiger partial charge in [0.05, 0.1) is 23.8 Å². The number of hydrogen-bond donors (Lipinski definition) is 1. The molecule has 26 heavy (non-hydrogen) atoms. The van der Waals surface area contributed by atoms with Crippen LogP contribution in [0.4, 0.5) is 15.6 Å². The Morgan fingerprint density at radius 3 is 2.92 bits per heavy atom. The summed E-state index contributed by atoms with van der Waals surface area (Å²) in [7, 11) is 0. The van der Waals surface area contributed by atoms with Gasteiger partial charge in [0.2, 0.25) is 0 Å². The predicted octanol–water partition coefficient (Wildman–Crippen LogP) is 2.82. The maximum atomic E-state index is 12.4. The van der Waals surface area contributed by atoms with Gasteiger partial charge >= 0.3 is 6.09 Å². The quantitative estimate of drug-likeness (QED) is 0.648. The monoisotopic (exact) mass is 376 g/mol. The first-order valence-electron chi connectivity index (χ1n) is 7.94. The summed E-state index contributed by atoms with van der Waals surface area (Å²) in [6.45, 7) is 2.92. The van der Waals surface area contributed by atoms with Crippen molar-refractivity contribution in [1.29, 1.82) is 0 Å². The van der Waals surface area contributed by atoms with Crippen LogP contribution in [0, 0.1) is 10.1 Å². The topological polar surface area (TPSA) is 115 Å². The van der Waals surface area contributed by atoms with Crippen molar-refractivity contribution in [3.05, 3.63) is 50.5 Å². The number of hydrogen-bond acceptors (Lipinski definition) is 7. The maximum absolute atomic E-state index is 12.4. The van der Waals surface area contributed by atoms with E-state index in [2.05, 4.69) is 10.3 Å². The molecule has 0 fully saturated rings. The minimum absolute atomic E-state index is 0.0289. The molecule has 2 aromatic rings. The third-order valence-electron chi connectivity index (χ3n) is 3.82. The van der Waals surface area contributed by atoms with E-state index >= 15 is 0 Å². The summed E-state index contributed by atoms with van der Waals surface area (Å²) >= 11 is 1.25. The highest BCUT2D eigenvalue weighted by atomic mass is 32.1. The van der Waals surface area contributed by atoms with Gasteiger partial charge in [-0.15, -0.1) is 0 Å². The summed E-state index contributed by atoms with van der Waals surface area (Å²) in [4.78, 5) is 41.5. The second kappa shape index (κ2) is 7.48. The number of carbonyl (C=O) groups is 2. The van der Waals surface area contributed by atoms with E-state index in [0.29, 0.717) is 31.2 Å². The van der Waals surface area contributed by atoms with Crippen LogP contribution in [0.1, 0.15) is 27.9 Å². The molecule has 10 heteroatoms. The minimum Gasteiger partial charge on any atom is -0.450 e. The molecule has 0 spiro atoms. The van der Waals surface area contributed by atoms with Gasteiger partial charge in [0.25, 0.3) is 11.6 Å². The highest BCUT2D eigenvalue weighted by molar-refractivity contribution is 7.15. The Hall–Kier alpha value is -3.01. The second-order valence-electron chi connectivity index (χ2n) is 5.49. The molecular formula is C16H16N4O5S. The number of nitro benzene ring substituents is 1. The van der Waals surface area contributed by atoms with Crippen LogP contribution in [0.5, 0.6) is 0 Å². The number of benzene rings is 1. The van der Waals surface area contributed by atoms with Crippen LogP contribution in [0.25, 0.3) is 0 Å². The van der Waals surface area contributed by atoms with Gasteiger partial charge in [-0.3, -0.25) is 20.2 Å². The molecule has 1 aliphatic heterocycles. The summed E-state index contributed by atoms with van der Waals surface area (Å²) in [5.74, 6) is -0.592. The van der Waals surface area contributed by atoms with Crippen LogP contribution in [0.2, 0.25) is 0 Å². The van der Waals surface area contributed by atoms with Crippen molar-refractivity contribution >= 4 is 34.2 Å². The number of rotatable bonds is 4. The van der Waals surface area contributed by atoms with Gasteiger partial charge in [-0.1, -0.05) is 23.5 Å². The summed E-state index contributed by atoms with van der Waals surface area (Å²) in [6, 6.07) is 5.73. The minimum atomic E-state index is -0.598. The zero-order chi connectivity index (χ0) is 18.7. The van der Waals surface area contributed by atoms with Crippen molar-refractivity contribution in [1.82, 2.24) is 9.88 Å². The van der Waals surface area contributed by atoms with Crippen molar-refractivity contribution in [2.45, 2.75) is 19.9 Å². The van der Waals surface area contributed by atoms with E-state index in [-0.39, 0.29) is 17.3 Å². The number of nitrogens with one attached hydrogen (secondary N) is 1. The molecule has 1 N–H and O–H groups in total. The molecule has 136 valence electrons. The lowest BCUT2D eigenvalue weighted by atomic mass is 10.1. The standard InChI is InChI=1S/C16H16N4O5S/c1-2-25-16(22)19-8-7-11-13(9-19)26-15(17-11)18-14(21)10-5-3-4-6-12(10)20(23)24/h3-6H,2,7-9H2,1H3,(H,17,18,21). The van der Waals surface area contributed by atoms with E-state index in [9.17, 15) is 19.7 Å². The number of amides is 2. The number of para-hydroxylation sites is 1. The lowest BCUT2D eigenvalue weighted by molar-refractivity contribution is -0.385. The van der Waals surface area contributed by atoms with E-state index in [1.807, 2.05) is 0 Å². The van der Waals surface area contributed by atoms with Gasteiger partial charge in [0.15, 0.2) is 5.13 Å². The zero-order valence-electron chi connectivity index (χ0n) is 13.9. The lowest BCUT2D eigenvalue weighted by Gasteiger charge is -2.24. The van der Waals surface area contributed by atoms with Gasteiger partial charge < -0.3 is 9.64 Å². The average molecular weight is 376 g/mol. The summed E-state index contributed by atoms with van der Waals surface area (Å²) in [5.41, 5.74) is 0.520. The van der Waals surface area contributed by atoms with Crippen molar-refractivity contribution in [3.8, 4) is 0 Å².